The number of nitrogens with zero attached hydrogens (tertiary/aromatic N) is 4. The highest BCUT2D eigenvalue weighted by Crippen LogP contribution is 2.14. The average molecular weight is 223 g/mol. The van der Waals surface area contributed by atoms with Gasteiger partial charge >= 0.3 is 5.97 Å². The normalized spacial score (nSPS) is 10.1. The van der Waals surface area contributed by atoms with Gasteiger partial charge in [-0.05, 0) is 6.07 Å². The third-order valence-electron chi connectivity index (χ3n) is 1.59. The van der Waals surface area contributed by atoms with Crippen molar-refractivity contribution in [3.05, 3.63) is 24.7 Å². The van der Waals surface area contributed by atoms with Crippen molar-refractivity contribution in [3.8, 4) is 10.7 Å². The number of carbonyl (C=O) groups is 1. The summed E-state index contributed by atoms with van der Waals surface area (Å²) < 4.78 is 5.28. The average Bonchev–Trinajstić information content (AvgIpc) is 2.67. The fourth-order valence-electron chi connectivity index (χ4n) is 1.02. The predicted octanol–water partition coefficient (Wildman–Crippen LogP) is -0.0278. The van der Waals surface area contributed by atoms with Gasteiger partial charge in [0.05, 0.1) is 4.49 Å². The summed E-state index contributed by atoms with van der Waals surface area (Å²) in [7, 11) is 0. The number of carboxylic acid groups (broad SMARTS) is 1. The van der Waals surface area contributed by atoms with Gasteiger partial charge in [-0.2, -0.15) is 0 Å². The zero-order chi connectivity index (χ0) is 10.7. The summed E-state index contributed by atoms with van der Waals surface area (Å²) in [5, 5.41) is 8.56. The Morgan fingerprint density at radius 2 is 2.20 bits per heavy atom. The summed E-state index contributed by atoms with van der Waals surface area (Å²) in [6.07, 6.45) is 4.88. The Morgan fingerprint density at radius 1 is 1.47 bits per heavy atom. The maximum Gasteiger partial charge on any atom is 0.372 e. The highest BCUT2D eigenvalue weighted by Gasteiger charge is 2.15. The predicted molar refractivity (Wildman–Crippen MR) is 51.0 cm³/mol. The molecular formula is C8H7N4O2S+. The van der Waals surface area contributed by atoms with Crippen LogP contribution in [0.4, 0.5) is 0 Å². The molecule has 6 nitrogen and oxygen atoms in total. The zero-order valence-corrected chi connectivity index (χ0v) is 8.39. The smallest absolute Gasteiger partial charge is 0.372 e. The van der Waals surface area contributed by atoms with Gasteiger partial charge in [0.25, 0.3) is 6.54 Å². The van der Waals surface area contributed by atoms with Gasteiger partial charge in [0, 0.05) is 23.9 Å². The summed E-state index contributed by atoms with van der Waals surface area (Å²) in [6, 6.07) is 1.72. The van der Waals surface area contributed by atoms with Crippen LogP contribution in [-0.2, 0) is 11.3 Å². The minimum absolute atomic E-state index is 0.149. The molecule has 2 aromatic heterocycles. The third-order valence-corrected chi connectivity index (χ3v) is 2.37. The van der Waals surface area contributed by atoms with Crippen molar-refractivity contribution < 1.29 is 14.6 Å². The molecule has 0 saturated carbocycles. The van der Waals surface area contributed by atoms with Gasteiger partial charge in [0.1, 0.15) is 0 Å². The molecule has 0 amide bonds. The molecule has 0 fully saturated rings. The second kappa shape index (κ2) is 4.09. The van der Waals surface area contributed by atoms with Crippen LogP contribution in [-0.4, -0.2) is 25.5 Å². The van der Waals surface area contributed by atoms with E-state index in [-0.39, 0.29) is 6.54 Å². The highest BCUT2D eigenvalue weighted by atomic mass is 32.1. The molecule has 0 spiro atoms. The molecule has 0 aliphatic heterocycles. The number of aromatic nitrogens is 4. The molecule has 1 N–H and O–H groups in total. The molecule has 76 valence electrons. The molecule has 0 aliphatic carbocycles. The van der Waals surface area contributed by atoms with Gasteiger partial charge in [-0.25, -0.2) is 14.8 Å². The van der Waals surface area contributed by atoms with Gasteiger partial charge in [-0.15, -0.1) is 0 Å². The molecule has 0 saturated heterocycles. The van der Waals surface area contributed by atoms with Crippen LogP contribution in [0.1, 0.15) is 0 Å². The molecule has 2 aromatic rings. The van der Waals surface area contributed by atoms with Crippen LogP contribution >= 0.6 is 11.5 Å². The SMILES string of the molecule is O=C(O)C[n+]1cc(-c2ncccn2)sn1. The first-order valence-electron chi connectivity index (χ1n) is 4.11. The van der Waals surface area contributed by atoms with E-state index in [9.17, 15) is 4.79 Å². The third kappa shape index (κ3) is 2.32. The monoisotopic (exact) mass is 223 g/mol. The van der Waals surface area contributed by atoms with E-state index < -0.39 is 5.97 Å². The Morgan fingerprint density at radius 3 is 2.87 bits per heavy atom. The minimum atomic E-state index is -0.925. The van der Waals surface area contributed by atoms with Crippen molar-refractivity contribution in [2.24, 2.45) is 0 Å². The van der Waals surface area contributed by atoms with E-state index in [1.807, 2.05) is 0 Å². The first-order valence-corrected chi connectivity index (χ1v) is 4.88. The second-order valence-corrected chi connectivity index (χ2v) is 3.52. The summed E-state index contributed by atoms with van der Waals surface area (Å²) in [5.41, 5.74) is 0. The Labute approximate surface area is 89.0 Å². The van der Waals surface area contributed by atoms with Crippen molar-refractivity contribution in [3.63, 3.8) is 0 Å². The topological polar surface area (TPSA) is 79.9 Å². The number of aliphatic carboxylic acids is 1. The first kappa shape index (κ1) is 9.66. The van der Waals surface area contributed by atoms with Gasteiger partial charge in [0.2, 0.25) is 6.20 Å². The van der Waals surface area contributed by atoms with E-state index in [1.54, 1.807) is 24.7 Å². The maximum atomic E-state index is 10.4. The van der Waals surface area contributed by atoms with Crippen LogP contribution in [0.25, 0.3) is 10.7 Å². The van der Waals surface area contributed by atoms with Crippen molar-refractivity contribution in [1.29, 1.82) is 0 Å². The van der Waals surface area contributed by atoms with E-state index in [0.29, 0.717) is 5.82 Å². The van der Waals surface area contributed by atoms with E-state index in [4.69, 9.17) is 5.11 Å². The largest absolute Gasteiger partial charge is 0.476 e. The van der Waals surface area contributed by atoms with Gasteiger partial charge in [0.15, 0.2) is 10.7 Å². The van der Waals surface area contributed by atoms with Crippen molar-refractivity contribution in [1.82, 2.24) is 14.5 Å². The van der Waals surface area contributed by atoms with Crippen LogP contribution in [0.15, 0.2) is 24.7 Å². The number of hydrogen-bond acceptors (Lipinski definition) is 5. The van der Waals surface area contributed by atoms with Crippen LogP contribution in [0.2, 0.25) is 0 Å². The van der Waals surface area contributed by atoms with Crippen molar-refractivity contribution >= 4 is 17.5 Å². The lowest BCUT2D eigenvalue weighted by Gasteiger charge is -1.87. The van der Waals surface area contributed by atoms with Crippen LogP contribution in [0.5, 0.6) is 0 Å². The molecule has 0 bridgehead atoms. The van der Waals surface area contributed by atoms with Crippen LogP contribution in [0, 0.1) is 0 Å². The Hall–Kier alpha value is -1.89. The highest BCUT2D eigenvalue weighted by molar-refractivity contribution is 7.08. The first-order chi connectivity index (χ1) is 7.25. The summed E-state index contributed by atoms with van der Waals surface area (Å²) in [5.74, 6) is -0.370. The zero-order valence-electron chi connectivity index (χ0n) is 7.57. The quantitative estimate of drug-likeness (QED) is 0.739. The lowest BCUT2D eigenvalue weighted by Crippen LogP contribution is -2.38. The Balaban J connectivity index is 2.24. The van der Waals surface area contributed by atoms with E-state index >= 15 is 0 Å². The fraction of sp³-hybridized carbons (Fsp3) is 0.125. The Kier molecular flexibility index (Phi) is 2.64. The second-order valence-electron chi connectivity index (χ2n) is 2.73. The molecule has 15 heavy (non-hydrogen) atoms. The molecule has 0 atom stereocenters. The van der Waals surface area contributed by atoms with Crippen molar-refractivity contribution in [2.45, 2.75) is 6.54 Å². The Bertz CT molecular complexity index is 471. The number of rotatable bonds is 3. The standard InChI is InChI=1S/C8H6N4O2S/c13-7(14)5-12-4-6(15-11-12)8-9-2-1-3-10-8/h1-4H,5H2/p+1. The van der Waals surface area contributed by atoms with Crippen LogP contribution < -0.4 is 4.68 Å². The molecule has 0 radical (unpaired) electrons. The fourth-order valence-corrected chi connectivity index (χ4v) is 1.67. The van der Waals surface area contributed by atoms with E-state index in [1.165, 1.54) is 16.2 Å². The lowest BCUT2D eigenvalue weighted by atomic mass is 10.5. The van der Waals surface area contributed by atoms with Crippen LogP contribution in [0.3, 0.4) is 0 Å². The van der Waals surface area contributed by atoms with Gasteiger partial charge in [-0.1, -0.05) is 4.68 Å². The minimum Gasteiger partial charge on any atom is -0.476 e. The van der Waals surface area contributed by atoms with Crippen molar-refractivity contribution in [2.75, 3.05) is 0 Å². The van der Waals surface area contributed by atoms with Gasteiger partial charge < -0.3 is 5.11 Å². The number of carboxylic acids is 1. The molecular weight excluding hydrogens is 216 g/mol. The lowest BCUT2D eigenvalue weighted by molar-refractivity contribution is -0.735. The molecule has 2 rings (SSSR count). The van der Waals surface area contributed by atoms with Gasteiger partial charge in [-0.3, -0.25) is 0 Å². The molecule has 2 heterocycles. The summed E-state index contributed by atoms with van der Waals surface area (Å²) in [4.78, 5) is 19.3. The van der Waals surface area contributed by atoms with E-state index in [0.717, 1.165) is 4.88 Å². The summed E-state index contributed by atoms with van der Waals surface area (Å²) in [6.45, 7) is -0.149. The summed E-state index contributed by atoms with van der Waals surface area (Å²) >= 11 is 1.17. The molecule has 0 aromatic carbocycles. The molecule has 0 aliphatic rings. The molecule has 7 heteroatoms. The maximum absolute atomic E-state index is 10.4. The molecule has 0 unspecified atom stereocenters. The van der Waals surface area contributed by atoms with E-state index in [2.05, 4.69) is 14.5 Å². The number of hydrogen-bond donors (Lipinski definition) is 1.